The van der Waals surface area contributed by atoms with E-state index in [1.807, 2.05) is 6.92 Å². The van der Waals surface area contributed by atoms with Gasteiger partial charge in [-0.3, -0.25) is 76.7 Å². The molecule has 0 unspecified atom stereocenters. The number of nitrogens with one attached hydrogen (secondary N) is 12. The minimum absolute atomic E-state index is 0.0323. The summed E-state index contributed by atoms with van der Waals surface area (Å²) in [7, 11) is 12.6. The summed E-state index contributed by atoms with van der Waals surface area (Å²) in [5.41, 5.74) is 1.15. The summed E-state index contributed by atoms with van der Waals surface area (Å²) >= 11 is 0. The van der Waals surface area contributed by atoms with Crippen LogP contribution in [0.4, 0.5) is 0 Å². The molecule has 0 aliphatic rings. The first-order chi connectivity index (χ1) is 65.8. The lowest BCUT2D eigenvalue weighted by atomic mass is 10.0. The Morgan fingerprint density at radius 1 is 0.199 bits per heavy atom. The molecule has 43 nitrogen and oxygen atoms in total. The van der Waals surface area contributed by atoms with Gasteiger partial charge in [-0.2, -0.15) is 0 Å². The van der Waals surface area contributed by atoms with Crippen molar-refractivity contribution in [2.45, 2.75) is 149 Å². The molecular weight excluding hydrogens is 1770 g/mol. The summed E-state index contributed by atoms with van der Waals surface area (Å²) in [5.74, 6) is -7.74. The zero-order valence-electron chi connectivity index (χ0n) is 82.2. The molecule has 16 amide bonds. The molecule has 2 aromatic rings. The third-order valence-electron chi connectivity index (χ3n) is 20.0. The van der Waals surface area contributed by atoms with Crippen LogP contribution in [0.5, 0.6) is 0 Å². The predicted octanol–water partition coefficient (Wildman–Crippen LogP) is 0.294. The van der Waals surface area contributed by atoms with Crippen molar-refractivity contribution in [1.29, 1.82) is 0 Å². The monoisotopic (exact) mass is 1930 g/mol. The minimum Gasteiger partial charge on any atom is -0.385 e. The molecule has 0 spiro atoms. The normalized spacial score (nSPS) is 10.8. The number of ether oxygens (including phenoxy) is 11. The van der Waals surface area contributed by atoms with Gasteiger partial charge in [-0.05, 0) is 157 Å². The van der Waals surface area contributed by atoms with Crippen molar-refractivity contribution in [3.8, 4) is 0 Å². The maximum Gasteiger partial charge on any atom is 0.254 e. The lowest BCUT2D eigenvalue weighted by Gasteiger charge is -2.24. The molecule has 0 saturated carbocycles. The molecule has 2 rings (SSSR count). The Balaban J connectivity index is 0.00000142. The number of benzene rings is 2. The Labute approximate surface area is 802 Å². The van der Waals surface area contributed by atoms with Crippen molar-refractivity contribution in [1.82, 2.24) is 83.4 Å². The lowest BCUT2D eigenvalue weighted by molar-refractivity contribution is -0.126. The van der Waals surface area contributed by atoms with Gasteiger partial charge in [-0.25, -0.2) is 0 Å². The molecule has 772 valence electrons. The third kappa shape index (κ3) is 64.5. The zero-order chi connectivity index (χ0) is 100. The van der Waals surface area contributed by atoms with Gasteiger partial charge in [0.25, 0.3) is 23.6 Å². The molecule has 12 N–H and O–H groups in total. The summed E-state index contributed by atoms with van der Waals surface area (Å²) in [6.45, 7) is 8.04. The highest BCUT2D eigenvalue weighted by molar-refractivity contribution is 6.05. The number of carbonyl (C=O) groups is 16. The molecule has 43 heteroatoms. The molecule has 2 aromatic carbocycles. The van der Waals surface area contributed by atoms with Gasteiger partial charge in [0.2, 0.25) is 70.9 Å². The molecule has 0 aliphatic carbocycles. The second-order valence-electron chi connectivity index (χ2n) is 31.5. The number of nitrogens with zero attached hydrogens (tertiary/aromatic N) is 4. The molecule has 136 heavy (non-hydrogen) atoms. The highest BCUT2D eigenvalue weighted by Crippen LogP contribution is 2.19. The predicted molar refractivity (Wildman–Crippen MR) is 507 cm³/mol. The van der Waals surface area contributed by atoms with E-state index >= 15 is 0 Å². The van der Waals surface area contributed by atoms with Crippen LogP contribution in [0.1, 0.15) is 188 Å². The quantitative estimate of drug-likeness (QED) is 0.0396. The Hall–Kier alpha value is -10.5. The van der Waals surface area contributed by atoms with Crippen LogP contribution in [0.2, 0.25) is 0 Å². The van der Waals surface area contributed by atoms with E-state index in [4.69, 9.17) is 52.1 Å². The molecule has 0 saturated heterocycles. The van der Waals surface area contributed by atoms with E-state index in [0.29, 0.717) is 213 Å². The molecule has 0 atom stereocenters. The summed E-state index contributed by atoms with van der Waals surface area (Å²) in [6.07, 6.45) is 11.8. The smallest absolute Gasteiger partial charge is 0.254 e. The molecular formula is C93H158N16O27. The highest BCUT2D eigenvalue weighted by Gasteiger charge is 2.30. The van der Waals surface area contributed by atoms with Gasteiger partial charge in [0.15, 0.2) is 0 Å². The number of methoxy groups -OCH3 is 8. The number of amides is 16. The SMILES string of the molecule is CCc1cc(C(=O)N(CC(=O)NCCCCCOC)CC(=O)NCCOCCOC)cc(C(=O)N(CC(=O)NCCOCCOC)CC(=O)NCCOCCOC)c1.CCc1cc(C(=O)N(CC(=O)NCCCNC(=O)CCCCOC)CC(=O)NCCCNC(=O)CCCCOC)cc(C(=O)N(CC(=O)NCCCNC(=O)CCCCOC)CC(=O)NCCCNC(=O)CCCCOC)c1. The van der Waals surface area contributed by atoms with Crippen molar-refractivity contribution in [2.75, 3.05) is 280 Å². The Morgan fingerprint density at radius 3 is 0.581 bits per heavy atom. The number of rotatable bonds is 82. The van der Waals surface area contributed by atoms with Gasteiger partial charge in [0.05, 0.1) is 59.5 Å². The first-order valence-electron chi connectivity index (χ1n) is 47.1. The first-order valence-corrected chi connectivity index (χ1v) is 47.1. The number of hydrogen-bond acceptors (Lipinski definition) is 27. The van der Waals surface area contributed by atoms with Gasteiger partial charge in [-0.1, -0.05) is 13.8 Å². The van der Waals surface area contributed by atoms with Crippen LogP contribution in [-0.4, -0.2) is 394 Å². The van der Waals surface area contributed by atoms with Gasteiger partial charge >= 0.3 is 0 Å². The van der Waals surface area contributed by atoms with Crippen molar-refractivity contribution >= 4 is 94.5 Å². The maximum absolute atomic E-state index is 14.5. The number of hydrogen-bond donors (Lipinski definition) is 12. The lowest BCUT2D eigenvalue weighted by Crippen LogP contribution is -2.47. The Morgan fingerprint density at radius 2 is 0.382 bits per heavy atom. The van der Waals surface area contributed by atoms with Crippen LogP contribution in [0.25, 0.3) is 0 Å². The van der Waals surface area contributed by atoms with Crippen LogP contribution < -0.4 is 63.8 Å². The Kier molecular flexibility index (Phi) is 75.2. The summed E-state index contributed by atoms with van der Waals surface area (Å²) in [6, 6.07) is 8.87. The van der Waals surface area contributed by atoms with E-state index in [9.17, 15) is 76.7 Å². The van der Waals surface area contributed by atoms with Gasteiger partial charge in [0, 0.05) is 216 Å². The standard InChI is InChI=1S/C54H92N10O14.C39H66N6O13/c1-6-42-35-43(53(73)63(38-49(69)59-27-15-23-55-45(65)19-7-11-31-75-2)39-50(70)60-28-16-24-56-46(66)20-8-12-32-76-3)37-44(36-42)54(74)64(40-51(71)61-29-17-25-57-47(67)21-9-13-33-77-4)41-52(72)62-30-18-26-58-48(68)22-10-14-34-78-5;1-6-31-24-32(38(50)44(27-34(46)40-10-8-7-9-14-52-2)28-35(47)41-11-15-56-21-18-53-3)26-33(25-31)39(51)45(29-36(48)42-12-16-57-22-19-54-4)30-37(49)43-13-17-58-23-20-55-5/h35-37H,6-34,38-41H2,1-5H3,(H,55,65)(H,56,66)(H,57,67)(H,58,68)(H,59,69)(H,60,70)(H,61,71)(H,62,72);24-26H,6-23,27-30H2,1-5H3,(H,40,46)(H,41,47)(H,42,48)(H,43,49). The van der Waals surface area contributed by atoms with E-state index in [1.54, 1.807) is 88.1 Å². The average molecular weight is 1930 g/mol. The van der Waals surface area contributed by atoms with Crippen LogP contribution in [0.15, 0.2) is 36.4 Å². The maximum atomic E-state index is 14.5. The number of aryl methyl sites for hydroxylation is 2. The average Bonchev–Trinajstić information content (AvgIpc) is 0.816. The van der Waals surface area contributed by atoms with E-state index < -0.39 is 123 Å². The van der Waals surface area contributed by atoms with Gasteiger partial charge < -0.3 is 136 Å². The summed E-state index contributed by atoms with van der Waals surface area (Å²) in [4.78, 5) is 216. The summed E-state index contributed by atoms with van der Waals surface area (Å²) < 4.78 is 56.1. The minimum atomic E-state index is -0.753. The van der Waals surface area contributed by atoms with Crippen molar-refractivity contribution in [3.63, 3.8) is 0 Å². The third-order valence-corrected chi connectivity index (χ3v) is 20.0. The highest BCUT2D eigenvalue weighted by atomic mass is 16.5. The molecule has 0 bridgehead atoms. The van der Waals surface area contributed by atoms with E-state index in [1.165, 1.54) is 12.1 Å². The molecule has 0 heterocycles. The number of carbonyl (C=O) groups excluding carboxylic acids is 16. The van der Waals surface area contributed by atoms with E-state index in [-0.39, 0.29) is 112 Å². The molecule has 0 aliphatic heterocycles. The van der Waals surface area contributed by atoms with Crippen molar-refractivity contribution in [3.05, 3.63) is 69.8 Å². The van der Waals surface area contributed by atoms with Crippen molar-refractivity contribution in [2.24, 2.45) is 0 Å². The molecule has 0 radical (unpaired) electrons. The zero-order valence-corrected chi connectivity index (χ0v) is 82.2. The Bertz CT molecular complexity index is 3390. The van der Waals surface area contributed by atoms with Crippen LogP contribution in [0.3, 0.4) is 0 Å². The first kappa shape index (κ1) is 124. The fourth-order valence-corrected chi connectivity index (χ4v) is 12.6. The number of unbranched alkanes of at least 4 members (excludes halogenated alkanes) is 6. The molecule has 0 aromatic heterocycles. The van der Waals surface area contributed by atoms with Gasteiger partial charge in [0.1, 0.15) is 52.4 Å². The second-order valence-corrected chi connectivity index (χ2v) is 31.5. The topological polar surface area (TPSA) is 532 Å². The summed E-state index contributed by atoms with van der Waals surface area (Å²) in [5, 5.41) is 33.0. The van der Waals surface area contributed by atoms with Gasteiger partial charge in [-0.15, -0.1) is 0 Å². The largest absolute Gasteiger partial charge is 0.385 e. The van der Waals surface area contributed by atoms with Crippen molar-refractivity contribution < 1.29 is 129 Å². The van der Waals surface area contributed by atoms with Crippen LogP contribution in [-0.2, 0) is 122 Å². The fraction of sp³-hybridized carbons (Fsp3) is 0.699. The van der Waals surface area contributed by atoms with E-state index in [2.05, 4.69) is 63.8 Å². The van der Waals surface area contributed by atoms with E-state index in [0.717, 1.165) is 58.1 Å². The van der Waals surface area contributed by atoms with Crippen LogP contribution in [0, 0.1) is 0 Å². The fourth-order valence-electron chi connectivity index (χ4n) is 12.6. The second kappa shape index (κ2) is 82.8. The molecule has 0 fully saturated rings. The van der Waals surface area contributed by atoms with Crippen LogP contribution >= 0.6 is 0 Å².